The molecule has 186 valence electrons. The molecule has 37 heavy (non-hydrogen) atoms. The number of aromatic amines is 1. The zero-order valence-electron chi connectivity index (χ0n) is 20.6. The van der Waals surface area contributed by atoms with Crippen LogP contribution in [0.15, 0.2) is 48.9 Å². The summed E-state index contributed by atoms with van der Waals surface area (Å²) in [6, 6.07) is 10.3. The van der Waals surface area contributed by atoms with Crippen LogP contribution in [-0.2, 0) is 0 Å². The Balaban J connectivity index is 1.39. The summed E-state index contributed by atoms with van der Waals surface area (Å²) in [6.45, 7) is 2.30. The number of nitrogens with zero attached hydrogens (tertiary/aromatic N) is 5. The lowest BCUT2D eigenvalue weighted by Gasteiger charge is -2.39. The Morgan fingerprint density at radius 3 is 2.84 bits per heavy atom. The maximum absolute atomic E-state index is 11.5. The fourth-order valence-corrected chi connectivity index (χ4v) is 6.75. The monoisotopic (exact) mass is 491 g/mol. The highest BCUT2D eigenvalue weighted by atomic mass is 16.3. The van der Waals surface area contributed by atoms with Crippen LogP contribution in [0.25, 0.3) is 44.2 Å². The lowest BCUT2D eigenvalue weighted by Crippen LogP contribution is -2.56. The van der Waals surface area contributed by atoms with Gasteiger partial charge in [0.25, 0.3) is 0 Å². The van der Waals surface area contributed by atoms with Crippen LogP contribution in [0, 0.1) is 0 Å². The van der Waals surface area contributed by atoms with E-state index >= 15 is 0 Å². The number of H-pyrrole nitrogens is 1. The Morgan fingerprint density at radius 2 is 1.95 bits per heavy atom. The number of hydrogen-bond acceptors (Lipinski definition) is 7. The van der Waals surface area contributed by atoms with Gasteiger partial charge in [0.15, 0.2) is 5.82 Å². The van der Waals surface area contributed by atoms with Crippen LogP contribution in [-0.4, -0.2) is 61.3 Å². The number of fused-ring (bicyclic) bond motifs is 5. The van der Waals surface area contributed by atoms with E-state index in [0.29, 0.717) is 18.3 Å². The highest BCUT2D eigenvalue weighted by Crippen LogP contribution is 2.45. The third kappa shape index (κ3) is 3.15. The number of β-amino-alcohol motifs (C(OH)–C–C–N with tert-alkyl or cyclic N) is 1. The Labute approximate surface area is 214 Å². The van der Waals surface area contributed by atoms with Gasteiger partial charge in [-0.1, -0.05) is 24.6 Å². The van der Waals surface area contributed by atoms with Gasteiger partial charge in [-0.2, -0.15) is 0 Å². The molecule has 2 saturated heterocycles. The van der Waals surface area contributed by atoms with Gasteiger partial charge in [0, 0.05) is 52.7 Å². The van der Waals surface area contributed by atoms with E-state index in [2.05, 4.69) is 43.4 Å². The summed E-state index contributed by atoms with van der Waals surface area (Å²) in [7, 11) is 0. The minimum absolute atomic E-state index is 0.0349. The Morgan fingerprint density at radius 1 is 1.03 bits per heavy atom. The highest BCUT2D eigenvalue weighted by Gasteiger charge is 2.48. The third-order valence-corrected chi connectivity index (χ3v) is 8.88. The van der Waals surface area contributed by atoms with Gasteiger partial charge in [-0.15, -0.1) is 0 Å². The average molecular weight is 492 g/mol. The van der Waals surface area contributed by atoms with E-state index in [-0.39, 0.29) is 6.04 Å². The zero-order valence-corrected chi connectivity index (χ0v) is 20.6. The molecule has 0 spiro atoms. The number of aliphatic hydroxyl groups is 1. The van der Waals surface area contributed by atoms with E-state index < -0.39 is 5.60 Å². The number of nitrogens with one attached hydrogen (secondary N) is 2. The van der Waals surface area contributed by atoms with Crippen molar-refractivity contribution in [2.24, 2.45) is 0 Å². The topological polar surface area (TPSA) is 103 Å². The molecule has 1 saturated carbocycles. The quantitative estimate of drug-likeness (QED) is 0.346. The third-order valence-electron chi connectivity index (χ3n) is 8.88. The molecule has 3 N–H and O–H groups in total. The molecule has 0 bridgehead atoms. The van der Waals surface area contributed by atoms with Crippen molar-refractivity contribution in [2.45, 2.75) is 49.7 Å². The van der Waals surface area contributed by atoms with Crippen LogP contribution in [0.4, 0.5) is 5.82 Å². The second-order valence-electron chi connectivity index (χ2n) is 10.9. The first-order chi connectivity index (χ1) is 18.2. The molecule has 2 aliphatic heterocycles. The summed E-state index contributed by atoms with van der Waals surface area (Å²) in [6.07, 6.45) is 11.0. The van der Waals surface area contributed by atoms with E-state index in [1.165, 1.54) is 24.8 Å². The maximum atomic E-state index is 11.5. The number of hydrogen-bond donors (Lipinski definition) is 3. The van der Waals surface area contributed by atoms with Gasteiger partial charge in [-0.05, 0) is 55.8 Å². The highest BCUT2D eigenvalue weighted by molar-refractivity contribution is 6.12. The van der Waals surface area contributed by atoms with Gasteiger partial charge < -0.3 is 20.3 Å². The normalized spacial score (nSPS) is 24.1. The second kappa shape index (κ2) is 7.94. The van der Waals surface area contributed by atoms with Crippen molar-refractivity contribution in [3.05, 3.63) is 54.5 Å². The molecule has 0 radical (unpaired) electrons. The Hall–Kier alpha value is -3.62. The largest absolute Gasteiger partial charge is 0.386 e. The molecular formula is C29H29N7O. The molecule has 8 rings (SSSR count). The van der Waals surface area contributed by atoms with Crippen molar-refractivity contribution in [3.8, 4) is 11.4 Å². The van der Waals surface area contributed by atoms with Crippen molar-refractivity contribution in [1.29, 1.82) is 0 Å². The molecule has 5 aromatic rings. The van der Waals surface area contributed by atoms with Gasteiger partial charge in [-0.3, -0.25) is 4.98 Å². The summed E-state index contributed by atoms with van der Waals surface area (Å²) in [5, 5.41) is 18.1. The van der Waals surface area contributed by atoms with Crippen molar-refractivity contribution < 1.29 is 5.11 Å². The number of aromatic nitrogens is 5. The van der Waals surface area contributed by atoms with Crippen LogP contribution < -0.4 is 10.2 Å². The van der Waals surface area contributed by atoms with E-state index in [0.717, 1.165) is 70.2 Å². The molecule has 3 aliphatic rings. The molecule has 8 nitrogen and oxygen atoms in total. The van der Waals surface area contributed by atoms with Gasteiger partial charge in [0.1, 0.15) is 11.5 Å². The number of piperidine rings is 1. The summed E-state index contributed by atoms with van der Waals surface area (Å²) < 4.78 is 0. The van der Waals surface area contributed by atoms with Crippen molar-refractivity contribution in [1.82, 2.24) is 30.2 Å². The molecule has 1 aromatic carbocycles. The minimum atomic E-state index is -0.736. The number of para-hydroxylation sites is 1. The zero-order chi connectivity index (χ0) is 24.6. The van der Waals surface area contributed by atoms with Gasteiger partial charge in [-0.25, -0.2) is 15.0 Å². The lowest BCUT2D eigenvalue weighted by molar-refractivity contribution is 0.0159. The first-order valence-corrected chi connectivity index (χ1v) is 13.4. The molecule has 2 atom stereocenters. The van der Waals surface area contributed by atoms with Crippen LogP contribution in [0.3, 0.4) is 0 Å². The molecule has 6 heterocycles. The SMILES string of the molecule is O[C@]12CCN(c3nc(-c4ccnc5[nH]c6ccccc6c45)nc4cncc(C5CCC5)c34)C1CCNC2. The summed E-state index contributed by atoms with van der Waals surface area (Å²) in [5.41, 5.74) is 4.23. The first-order valence-electron chi connectivity index (χ1n) is 13.4. The fraction of sp³-hybridized carbons (Fsp3) is 0.379. The van der Waals surface area contributed by atoms with Crippen LogP contribution >= 0.6 is 0 Å². The fourth-order valence-electron chi connectivity index (χ4n) is 6.75. The second-order valence-corrected chi connectivity index (χ2v) is 10.9. The van der Waals surface area contributed by atoms with Crippen molar-refractivity contribution in [2.75, 3.05) is 24.5 Å². The van der Waals surface area contributed by atoms with E-state index in [4.69, 9.17) is 9.97 Å². The van der Waals surface area contributed by atoms with Gasteiger partial charge >= 0.3 is 0 Å². The molecule has 4 aromatic heterocycles. The van der Waals surface area contributed by atoms with Crippen LogP contribution in [0.1, 0.15) is 43.6 Å². The maximum Gasteiger partial charge on any atom is 0.163 e. The summed E-state index contributed by atoms with van der Waals surface area (Å²) in [5.74, 6) is 2.12. The molecule has 0 amide bonds. The smallest absolute Gasteiger partial charge is 0.163 e. The number of pyridine rings is 2. The predicted octanol–water partition coefficient (Wildman–Crippen LogP) is 4.29. The van der Waals surface area contributed by atoms with Gasteiger partial charge in [0.05, 0.1) is 23.4 Å². The Kier molecular flexibility index (Phi) is 4.60. The number of rotatable bonds is 3. The van der Waals surface area contributed by atoms with Gasteiger partial charge in [0.2, 0.25) is 0 Å². The van der Waals surface area contributed by atoms with Crippen molar-refractivity contribution >= 4 is 38.7 Å². The first kappa shape index (κ1) is 21.5. The predicted molar refractivity (Wildman–Crippen MR) is 145 cm³/mol. The van der Waals surface area contributed by atoms with E-state index in [1.54, 1.807) is 0 Å². The molecule has 3 fully saturated rings. The summed E-state index contributed by atoms with van der Waals surface area (Å²) in [4.78, 5) is 25.5. The molecule has 1 unspecified atom stereocenters. The van der Waals surface area contributed by atoms with Crippen LogP contribution in [0.5, 0.6) is 0 Å². The van der Waals surface area contributed by atoms with Crippen molar-refractivity contribution in [3.63, 3.8) is 0 Å². The number of anilines is 1. The lowest BCUT2D eigenvalue weighted by atomic mass is 9.79. The molecular weight excluding hydrogens is 462 g/mol. The molecule has 1 aliphatic carbocycles. The molecule has 8 heteroatoms. The van der Waals surface area contributed by atoms with E-state index in [1.807, 2.05) is 30.7 Å². The minimum Gasteiger partial charge on any atom is -0.386 e. The summed E-state index contributed by atoms with van der Waals surface area (Å²) >= 11 is 0. The van der Waals surface area contributed by atoms with Crippen LogP contribution in [0.2, 0.25) is 0 Å². The average Bonchev–Trinajstić information content (AvgIpc) is 3.45. The van der Waals surface area contributed by atoms with E-state index in [9.17, 15) is 5.11 Å². The standard InChI is InChI=1S/C29H29N7O/c37-29-10-13-36(23(29)9-11-30-16-29)28-25-20(17-4-3-5-17)14-31-15-22(25)34-26(35-28)19-8-12-32-27-24(19)18-6-1-2-7-21(18)33-27/h1-2,6-8,12,14-15,17,23,30,37H,3-5,9-11,13,16H2,(H,32,33)/t23?,29-/m0/s1. The number of benzene rings is 1. The Bertz CT molecular complexity index is 1680.